The number of hydrogen-bond donors (Lipinski definition) is 2. The zero-order valence-corrected chi connectivity index (χ0v) is 16.8. The van der Waals surface area contributed by atoms with Crippen LogP contribution in [0.25, 0.3) is 0 Å². The van der Waals surface area contributed by atoms with Crippen molar-refractivity contribution in [1.29, 1.82) is 0 Å². The maximum atomic E-state index is 12.8. The van der Waals surface area contributed by atoms with Crippen LogP contribution < -0.4 is 24.2 Å². The summed E-state index contributed by atoms with van der Waals surface area (Å²) in [5.74, 6) is 1.43. The zero-order chi connectivity index (χ0) is 20.6. The summed E-state index contributed by atoms with van der Waals surface area (Å²) in [6.07, 6.45) is 0. The van der Waals surface area contributed by atoms with Gasteiger partial charge in [0.1, 0.15) is 5.75 Å². The normalized spacial score (nSPS) is 16.2. The van der Waals surface area contributed by atoms with E-state index < -0.39 is 10.0 Å². The number of nitrogens with one attached hydrogen (secondary N) is 2. The van der Waals surface area contributed by atoms with Crippen LogP contribution >= 0.6 is 0 Å². The van der Waals surface area contributed by atoms with Crippen LogP contribution in [-0.4, -0.2) is 53.3 Å². The van der Waals surface area contributed by atoms with Crippen molar-refractivity contribution >= 4 is 21.6 Å². The molecule has 29 heavy (non-hydrogen) atoms. The molecule has 0 saturated heterocycles. The summed E-state index contributed by atoms with van der Waals surface area (Å²) in [7, 11) is -0.0581. The largest absolute Gasteiger partial charge is 0.482 e. The molecule has 0 aromatic heterocycles. The summed E-state index contributed by atoms with van der Waals surface area (Å²) in [5.41, 5.74) is 1.23. The Morgan fingerprint density at radius 1 is 1.07 bits per heavy atom. The topological polar surface area (TPSA) is 106 Å². The quantitative estimate of drug-likeness (QED) is 0.728. The number of fused-ring (bicyclic) bond motifs is 2. The van der Waals surface area contributed by atoms with Gasteiger partial charge in [-0.3, -0.25) is 4.79 Å². The third-order valence-corrected chi connectivity index (χ3v) is 6.19. The summed E-state index contributed by atoms with van der Waals surface area (Å²) in [5, 5.41) is 2.62. The van der Waals surface area contributed by atoms with Crippen molar-refractivity contribution in [2.45, 2.75) is 10.9 Å². The molecule has 0 bridgehead atoms. The van der Waals surface area contributed by atoms with Crippen LogP contribution in [-0.2, 0) is 14.8 Å². The third-order valence-electron chi connectivity index (χ3n) is 4.77. The highest BCUT2D eigenvalue weighted by molar-refractivity contribution is 7.89. The molecule has 2 heterocycles. The number of likely N-dealkylation sites (N-methyl/N-ethyl adjacent to an activating group) is 1. The molecule has 1 amide bonds. The molecule has 0 fully saturated rings. The van der Waals surface area contributed by atoms with Crippen molar-refractivity contribution in [3.8, 4) is 17.2 Å². The number of carbonyl (C=O) groups is 1. The fraction of sp³-hybridized carbons (Fsp3) is 0.316. The summed E-state index contributed by atoms with van der Waals surface area (Å²) in [4.78, 5) is 13.5. The minimum atomic E-state index is -3.80. The second-order valence-electron chi connectivity index (χ2n) is 6.94. The second-order valence-corrected chi connectivity index (χ2v) is 8.71. The fourth-order valence-electron chi connectivity index (χ4n) is 3.22. The first kappa shape index (κ1) is 19.5. The summed E-state index contributed by atoms with van der Waals surface area (Å²) < 4.78 is 44.3. The Balaban J connectivity index is 1.53. The minimum Gasteiger partial charge on any atom is -0.482 e. The lowest BCUT2D eigenvalue weighted by Crippen LogP contribution is -2.34. The highest BCUT2D eigenvalue weighted by atomic mass is 32.2. The molecule has 0 spiro atoms. The van der Waals surface area contributed by atoms with E-state index in [0.29, 0.717) is 22.9 Å². The molecule has 0 aliphatic carbocycles. The molecule has 0 saturated carbocycles. The molecule has 2 aliphatic heterocycles. The van der Waals surface area contributed by atoms with Gasteiger partial charge in [0, 0.05) is 12.6 Å². The van der Waals surface area contributed by atoms with Crippen LogP contribution in [0.3, 0.4) is 0 Å². The fourth-order valence-corrected chi connectivity index (χ4v) is 4.28. The van der Waals surface area contributed by atoms with Crippen LogP contribution in [0.4, 0.5) is 5.69 Å². The standard InChI is InChI=1S/C19H21N3O6S/c1-22(2)15(12-3-5-17-18(7-12)28-11-27-17)9-20-29(24,25)13-4-6-16-14(8-13)21-19(23)10-26-16/h3-8,15,20H,9-11H2,1-2H3,(H,21,23). The number of hydrogen-bond acceptors (Lipinski definition) is 7. The number of anilines is 1. The van der Waals surface area contributed by atoms with Gasteiger partial charge in [0.05, 0.1) is 10.6 Å². The van der Waals surface area contributed by atoms with Gasteiger partial charge in [0.15, 0.2) is 18.1 Å². The molecule has 2 aliphatic rings. The van der Waals surface area contributed by atoms with Crippen LogP contribution in [0.5, 0.6) is 17.2 Å². The van der Waals surface area contributed by atoms with Gasteiger partial charge in [-0.05, 0) is 50.0 Å². The lowest BCUT2D eigenvalue weighted by Gasteiger charge is -2.25. The smallest absolute Gasteiger partial charge is 0.262 e. The maximum Gasteiger partial charge on any atom is 0.262 e. The predicted octanol–water partition coefficient (Wildman–Crippen LogP) is 1.33. The Morgan fingerprint density at radius 2 is 1.83 bits per heavy atom. The molecule has 0 radical (unpaired) electrons. The first-order valence-corrected chi connectivity index (χ1v) is 10.4. The molecular formula is C19H21N3O6S. The van der Waals surface area contributed by atoms with Gasteiger partial charge in [0.25, 0.3) is 5.91 Å². The highest BCUT2D eigenvalue weighted by Crippen LogP contribution is 2.35. The number of nitrogens with zero attached hydrogens (tertiary/aromatic N) is 1. The molecule has 154 valence electrons. The van der Waals surface area contributed by atoms with Crippen LogP contribution in [0.2, 0.25) is 0 Å². The second kappa shape index (κ2) is 7.54. The maximum absolute atomic E-state index is 12.8. The molecular weight excluding hydrogens is 398 g/mol. The average Bonchev–Trinajstić information content (AvgIpc) is 3.15. The van der Waals surface area contributed by atoms with Crippen molar-refractivity contribution in [2.24, 2.45) is 0 Å². The van der Waals surface area contributed by atoms with Crippen molar-refractivity contribution < 1.29 is 27.4 Å². The summed E-state index contributed by atoms with van der Waals surface area (Å²) in [6.45, 7) is 0.239. The Hall–Kier alpha value is -2.82. The zero-order valence-electron chi connectivity index (χ0n) is 16.0. The van der Waals surface area contributed by atoms with E-state index in [4.69, 9.17) is 14.2 Å². The van der Waals surface area contributed by atoms with E-state index >= 15 is 0 Å². The van der Waals surface area contributed by atoms with E-state index in [2.05, 4.69) is 10.0 Å². The minimum absolute atomic E-state index is 0.0465. The summed E-state index contributed by atoms with van der Waals surface area (Å²) >= 11 is 0. The number of carbonyl (C=O) groups excluding carboxylic acids is 1. The lowest BCUT2D eigenvalue weighted by atomic mass is 10.1. The molecule has 10 heteroatoms. The van der Waals surface area contributed by atoms with Gasteiger partial charge < -0.3 is 24.4 Å². The molecule has 2 N–H and O–H groups in total. The number of amides is 1. The average molecular weight is 419 g/mol. The van der Waals surface area contributed by atoms with Crippen LogP contribution in [0, 0.1) is 0 Å². The van der Waals surface area contributed by atoms with Gasteiger partial charge in [-0.15, -0.1) is 0 Å². The van der Waals surface area contributed by atoms with Crippen molar-refractivity contribution in [3.63, 3.8) is 0 Å². The van der Waals surface area contributed by atoms with E-state index in [9.17, 15) is 13.2 Å². The molecule has 9 nitrogen and oxygen atoms in total. The van der Waals surface area contributed by atoms with Gasteiger partial charge >= 0.3 is 0 Å². The molecule has 1 atom stereocenters. The molecule has 1 unspecified atom stereocenters. The van der Waals surface area contributed by atoms with E-state index in [1.807, 2.05) is 37.2 Å². The first-order valence-electron chi connectivity index (χ1n) is 8.96. The molecule has 2 aromatic rings. The monoisotopic (exact) mass is 419 g/mol. The van der Waals surface area contributed by atoms with Gasteiger partial charge in [0.2, 0.25) is 16.8 Å². The lowest BCUT2D eigenvalue weighted by molar-refractivity contribution is -0.118. The van der Waals surface area contributed by atoms with E-state index in [1.54, 1.807) is 0 Å². The van der Waals surface area contributed by atoms with Gasteiger partial charge in [-0.1, -0.05) is 6.07 Å². The Labute approximate surface area is 168 Å². The van der Waals surface area contributed by atoms with Crippen molar-refractivity contribution in [1.82, 2.24) is 9.62 Å². The number of ether oxygens (including phenoxy) is 3. The van der Waals surface area contributed by atoms with Crippen LogP contribution in [0.15, 0.2) is 41.3 Å². The van der Waals surface area contributed by atoms with E-state index in [1.165, 1.54) is 18.2 Å². The van der Waals surface area contributed by atoms with Crippen LogP contribution in [0.1, 0.15) is 11.6 Å². The summed E-state index contributed by atoms with van der Waals surface area (Å²) in [6, 6.07) is 9.70. The number of sulfonamides is 1. The van der Waals surface area contributed by atoms with E-state index in [-0.39, 0.29) is 36.8 Å². The van der Waals surface area contributed by atoms with Gasteiger partial charge in [-0.25, -0.2) is 13.1 Å². The van der Waals surface area contributed by atoms with Crippen molar-refractivity contribution in [3.05, 3.63) is 42.0 Å². The Kier molecular flexibility index (Phi) is 5.07. The van der Waals surface area contributed by atoms with Gasteiger partial charge in [-0.2, -0.15) is 0 Å². The predicted molar refractivity (Wildman–Crippen MR) is 105 cm³/mol. The Morgan fingerprint density at radius 3 is 2.62 bits per heavy atom. The third kappa shape index (κ3) is 4.00. The molecule has 4 rings (SSSR count). The first-order chi connectivity index (χ1) is 13.8. The SMILES string of the molecule is CN(C)C(CNS(=O)(=O)c1ccc2c(c1)NC(=O)CO2)c1ccc2c(c1)OCO2. The van der Waals surface area contributed by atoms with Crippen molar-refractivity contribution in [2.75, 3.05) is 39.4 Å². The number of benzene rings is 2. The molecule has 2 aromatic carbocycles. The Bertz CT molecular complexity index is 1050. The highest BCUT2D eigenvalue weighted by Gasteiger charge is 2.24. The number of rotatable bonds is 6. The van der Waals surface area contributed by atoms with E-state index in [0.717, 1.165) is 5.56 Å².